The van der Waals surface area contributed by atoms with Crippen molar-refractivity contribution in [3.8, 4) is 11.4 Å². The molecule has 21 heavy (non-hydrogen) atoms. The van der Waals surface area contributed by atoms with Crippen molar-refractivity contribution in [2.24, 2.45) is 5.92 Å². The third kappa shape index (κ3) is 2.75. The maximum atomic E-state index is 14.0. The maximum absolute atomic E-state index is 14.0. The lowest BCUT2D eigenvalue weighted by Gasteiger charge is -2.28. The second-order valence-electron chi connectivity index (χ2n) is 5.77. The molecule has 0 unspecified atom stereocenters. The van der Waals surface area contributed by atoms with Crippen LogP contribution in [0.1, 0.15) is 45.1 Å². The number of benzene rings is 1. The first kappa shape index (κ1) is 14.0. The lowest BCUT2D eigenvalue weighted by Crippen LogP contribution is -2.20. The molecule has 5 nitrogen and oxygen atoms in total. The van der Waals surface area contributed by atoms with Gasteiger partial charge >= 0.3 is 0 Å². The number of halogens is 1. The number of aromatic nitrogens is 4. The summed E-state index contributed by atoms with van der Waals surface area (Å²) in [5.41, 5.74) is 6.64. The Labute approximate surface area is 123 Å². The van der Waals surface area contributed by atoms with E-state index in [1.807, 2.05) is 0 Å². The third-order valence-electron chi connectivity index (χ3n) is 4.46. The van der Waals surface area contributed by atoms with Gasteiger partial charge in [-0.05, 0) is 60.2 Å². The van der Waals surface area contributed by atoms with Crippen LogP contribution in [0.2, 0.25) is 0 Å². The first-order valence-electron chi connectivity index (χ1n) is 7.52. The van der Waals surface area contributed by atoms with Crippen LogP contribution in [0.25, 0.3) is 11.4 Å². The Balaban J connectivity index is 1.89. The van der Waals surface area contributed by atoms with E-state index in [1.54, 1.807) is 16.8 Å². The molecule has 1 aromatic carbocycles. The largest absolute Gasteiger partial charge is 0.399 e. The highest BCUT2D eigenvalue weighted by Gasteiger charge is 2.25. The number of rotatable bonds is 3. The summed E-state index contributed by atoms with van der Waals surface area (Å²) in [6, 6.07) is 4.74. The van der Waals surface area contributed by atoms with Crippen LogP contribution in [-0.4, -0.2) is 20.2 Å². The fourth-order valence-corrected chi connectivity index (χ4v) is 3.13. The van der Waals surface area contributed by atoms with Gasteiger partial charge in [-0.2, -0.15) is 0 Å². The summed E-state index contributed by atoms with van der Waals surface area (Å²) < 4.78 is 15.8. The molecule has 1 saturated carbocycles. The normalized spacial score (nSPS) is 22.4. The van der Waals surface area contributed by atoms with E-state index in [9.17, 15) is 4.39 Å². The molecule has 0 spiro atoms. The number of anilines is 1. The standard InChI is InChI=1S/C15H20FN5/c1-2-10-3-6-12(7-4-10)21-15(18-19-20-21)13-9-11(17)5-8-14(13)16/h5,8-10,12H,2-4,6-7,17H2,1H3. The first-order valence-corrected chi connectivity index (χ1v) is 7.52. The monoisotopic (exact) mass is 289 g/mol. The molecule has 112 valence electrons. The molecule has 2 aromatic rings. The molecule has 2 N–H and O–H groups in total. The van der Waals surface area contributed by atoms with Gasteiger partial charge in [-0.15, -0.1) is 5.10 Å². The van der Waals surface area contributed by atoms with Crippen molar-refractivity contribution in [2.45, 2.75) is 45.1 Å². The van der Waals surface area contributed by atoms with Gasteiger partial charge in [0, 0.05) is 5.69 Å². The van der Waals surface area contributed by atoms with E-state index in [0.717, 1.165) is 18.8 Å². The van der Waals surface area contributed by atoms with Crippen LogP contribution in [0, 0.1) is 11.7 Å². The number of nitrogens with two attached hydrogens (primary N) is 1. The molecule has 6 heteroatoms. The summed E-state index contributed by atoms with van der Waals surface area (Å²) in [7, 11) is 0. The number of hydrogen-bond acceptors (Lipinski definition) is 4. The maximum Gasteiger partial charge on any atom is 0.185 e. The van der Waals surface area contributed by atoms with Crippen LogP contribution in [0.4, 0.5) is 10.1 Å². The van der Waals surface area contributed by atoms with Crippen molar-refractivity contribution in [2.75, 3.05) is 5.73 Å². The highest BCUT2D eigenvalue weighted by atomic mass is 19.1. The lowest BCUT2D eigenvalue weighted by atomic mass is 9.84. The zero-order valence-electron chi connectivity index (χ0n) is 12.2. The fourth-order valence-electron chi connectivity index (χ4n) is 3.13. The molecule has 0 amide bonds. The highest BCUT2D eigenvalue weighted by molar-refractivity contribution is 5.61. The Bertz CT molecular complexity index is 616. The minimum atomic E-state index is -0.345. The van der Waals surface area contributed by atoms with Gasteiger partial charge in [-0.3, -0.25) is 0 Å². The fraction of sp³-hybridized carbons (Fsp3) is 0.533. The van der Waals surface area contributed by atoms with Gasteiger partial charge in [0.15, 0.2) is 5.82 Å². The zero-order valence-corrected chi connectivity index (χ0v) is 12.2. The van der Waals surface area contributed by atoms with Crippen LogP contribution in [0.5, 0.6) is 0 Å². The van der Waals surface area contributed by atoms with Gasteiger partial charge in [0.05, 0.1) is 11.6 Å². The van der Waals surface area contributed by atoms with E-state index in [1.165, 1.54) is 25.3 Å². The minimum Gasteiger partial charge on any atom is -0.399 e. The SMILES string of the molecule is CCC1CCC(n2nnnc2-c2cc(N)ccc2F)CC1. The molecule has 0 radical (unpaired) electrons. The highest BCUT2D eigenvalue weighted by Crippen LogP contribution is 2.35. The summed E-state index contributed by atoms with van der Waals surface area (Å²) in [6.45, 7) is 2.23. The van der Waals surface area contributed by atoms with Crippen LogP contribution in [-0.2, 0) is 0 Å². The van der Waals surface area contributed by atoms with Gasteiger partial charge in [0.25, 0.3) is 0 Å². The number of hydrogen-bond donors (Lipinski definition) is 1. The molecule has 3 rings (SSSR count). The van der Waals surface area contributed by atoms with Gasteiger partial charge in [0.1, 0.15) is 5.82 Å². The van der Waals surface area contributed by atoms with Crippen molar-refractivity contribution in [3.63, 3.8) is 0 Å². The van der Waals surface area contributed by atoms with Crippen molar-refractivity contribution in [1.29, 1.82) is 0 Å². The topological polar surface area (TPSA) is 69.6 Å². The number of nitrogens with zero attached hydrogens (tertiary/aromatic N) is 4. The summed E-state index contributed by atoms with van der Waals surface area (Å²) in [5, 5.41) is 11.8. The van der Waals surface area contributed by atoms with E-state index in [2.05, 4.69) is 22.4 Å². The second kappa shape index (κ2) is 5.79. The average Bonchev–Trinajstić information content (AvgIpc) is 2.99. The summed E-state index contributed by atoms with van der Waals surface area (Å²) >= 11 is 0. The minimum absolute atomic E-state index is 0.249. The van der Waals surface area contributed by atoms with Crippen molar-refractivity contribution < 1.29 is 4.39 Å². The van der Waals surface area contributed by atoms with Crippen molar-refractivity contribution in [3.05, 3.63) is 24.0 Å². The van der Waals surface area contributed by atoms with E-state index < -0.39 is 0 Å². The molecule has 0 atom stereocenters. The van der Waals surface area contributed by atoms with Crippen LogP contribution < -0.4 is 5.73 Å². The molecule has 1 aliphatic carbocycles. The van der Waals surface area contributed by atoms with Gasteiger partial charge in [0.2, 0.25) is 0 Å². The molecule has 1 heterocycles. The summed E-state index contributed by atoms with van der Waals surface area (Å²) in [4.78, 5) is 0. The Kier molecular flexibility index (Phi) is 3.86. The molecular weight excluding hydrogens is 269 g/mol. The predicted molar refractivity (Wildman–Crippen MR) is 78.9 cm³/mol. The average molecular weight is 289 g/mol. The van der Waals surface area contributed by atoms with Gasteiger partial charge < -0.3 is 5.73 Å². The van der Waals surface area contributed by atoms with E-state index in [-0.39, 0.29) is 11.9 Å². The van der Waals surface area contributed by atoms with E-state index in [4.69, 9.17) is 5.73 Å². The Hall–Kier alpha value is -1.98. The second-order valence-corrected chi connectivity index (χ2v) is 5.77. The Morgan fingerprint density at radius 3 is 2.76 bits per heavy atom. The molecule has 1 aliphatic rings. The van der Waals surface area contributed by atoms with Gasteiger partial charge in [-0.25, -0.2) is 9.07 Å². The van der Waals surface area contributed by atoms with Crippen LogP contribution in [0.15, 0.2) is 18.2 Å². The first-order chi connectivity index (χ1) is 10.2. The molecule has 1 aromatic heterocycles. The quantitative estimate of drug-likeness (QED) is 0.881. The zero-order chi connectivity index (χ0) is 14.8. The van der Waals surface area contributed by atoms with Crippen molar-refractivity contribution in [1.82, 2.24) is 20.2 Å². The van der Waals surface area contributed by atoms with E-state index >= 15 is 0 Å². The molecule has 0 bridgehead atoms. The van der Waals surface area contributed by atoms with Crippen LogP contribution in [0.3, 0.4) is 0 Å². The van der Waals surface area contributed by atoms with Gasteiger partial charge in [-0.1, -0.05) is 13.3 Å². The molecule has 0 saturated heterocycles. The molecular formula is C15H20FN5. The Morgan fingerprint density at radius 1 is 1.29 bits per heavy atom. The van der Waals surface area contributed by atoms with Crippen molar-refractivity contribution >= 4 is 5.69 Å². The summed E-state index contributed by atoms with van der Waals surface area (Å²) in [6.07, 6.45) is 5.67. The van der Waals surface area contributed by atoms with Crippen LogP contribution >= 0.6 is 0 Å². The number of nitrogen functional groups attached to an aromatic ring is 1. The number of tetrazole rings is 1. The van der Waals surface area contributed by atoms with E-state index in [0.29, 0.717) is 17.1 Å². The molecule has 0 aliphatic heterocycles. The lowest BCUT2D eigenvalue weighted by molar-refractivity contribution is 0.255. The third-order valence-corrected chi connectivity index (χ3v) is 4.46. The summed E-state index contributed by atoms with van der Waals surface area (Å²) in [5.74, 6) is 0.924. The molecule has 1 fully saturated rings. The Morgan fingerprint density at radius 2 is 2.05 bits per heavy atom. The smallest absolute Gasteiger partial charge is 0.185 e. The predicted octanol–water partition coefficient (Wildman–Crippen LogP) is 3.20.